The van der Waals surface area contributed by atoms with E-state index in [0.29, 0.717) is 5.57 Å². The van der Waals surface area contributed by atoms with E-state index in [2.05, 4.69) is 36.6 Å². The van der Waals surface area contributed by atoms with Crippen LogP contribution in [-0.4, -0.2) is 12.3 Å². The van der Waals surface area contributed by atoms with E-state index >= 15 is 0 Å². The molecule has 0 spiro atoms. The number of anilines is 1. The molecule has 1 aromatic carbocycles. The summed E-state index contributed by atoms with van der Waals surface area (Å²) in [4.78, 5) is 16.7. The first kappa shape index (κ1) is 15.6. The predicted octanol–water partition coefficient (Wildman–Crippen LogP) is 5.08. The van der Waals surface area contributed by atoms with Crippen molar-refractivity contribution >= 4 is 29.3 Å². The molecule has 3 rings (SSSR count). The van der Waals surface area contributed by atoms with Gasteiger partial charge in [-0.25, -0.2) is 0 Å². The second-order valence-corrected chi connectivity index (χ2v) is 6.32. The Kier molecular flexibility index (Phi) is 4.39. The highest BCUT2D eigenvalue weighted by Gasteiger charge is 2.31. The molecule has 23 heavy (non-hydrogen) atoms. The molecular weight excluding hydrogens is 302 g/mol. The Morgan fingerprint density at radius 1 is 1.26 bits per heavy atom. The van der Waals surface area contributed by atoms with Crippen molar-refractivity contribution in [3.63, 3.8) is 0 Å². The molecule has 2 nitrogen and oxygen atoms in total. The lowest BCUT2D eigenvalue weighted by atomic mass is 10.0. The number of likely N-dealkylation sites (N-methyl/N-ethyl adjacent to an activating group) is 1. The summed E-state index contributed by atoms with van der Waals surface area (Å²) in [6.07, 6.45) is 9.72. The molecule has 2 aliphatic heterocycles. The Hall–Kier alpha value is -2.26. The summed E-state index contributed by atoms with van der Waals surface area (Å²) in [6, 6.07) is 8.26. The molecule has 0 radical (unpaired) electrons. The Morgan fingerprint density at radius 2 is 2.04 bits per heavy atom. The van der Waals surface area contributed by atoms with Crippen molar-refractivity contribution < 1.29 is 4.79 Å². The number of rotatable bonds is 3. The maximum absolute atomic E-state index is 12.8. The molecule has 0 atom stereocenters. The van der Waals surface area contributed by atoms with E-state index in [1.807, 2.05) is 37.3 Å². The van der Waals surface area contributed by atoms with Gasteiger partial charge in [-0.3, -0.25) is 4.79 Å². The van der Waals surface area contributed by atoms with Crippen molar-refractivity contribution in [2.24, 2.45) is 0 Å². The van der Waals surface area contributed by atoms with Crippen molar-refractivity contribution in [3.8, 4) is 0 Å². The van der Waals surface area contributed by atoms with Gasteiger partial charge in [0, 0.05) is 22.7 Å². The molecule has 0 aromatic heterocycles. The normalized spacial score (nSPS) is 20.6. The molecule has 3 heteroatoms. The van der Waals surface area contributed by atoms with E-state index in [1.54, 1.807) is 6.08 Å². The van der Waals surface area contributed by atoms with Crippen molar-refractivity contribution in [1.82, 2.24) is 0 Å². The van der Waals surface area contributed by atoms with E-state index in [0.717, 1.165) is 27.7 Å². The Balaban J connectivity index is 2.10. The van der Waals surface area contributed by atoms with Crippen LogP contribution in [0.2, 0.25) is 0 Å². The maximum atomic E-state index is 12.8. The first-order valence-corrected chi connectivity index (χ1v) is 8.53. The number of thioether (sulfide) groups is 1. The van der Waals surface area contributed by atoms with Crippen molar-refractivity contribution in [1.29, 1.82) is 0 Å². The van der Waals surface area contributed by atoms with Crippen LogP contribution in [-0.2, 0) is 4.79 Å². The highest BCUT2D eigenvalue weighted by atomic mass is 32.2. The second-order valence-electron chi connectivity index (χ2n) is 5.26. The maximum Gasteiger partial charge on any atom is 0.202 e. The first-order chi connectivity index (χ1) is 11.2. The minimum Gasteiger partial charge on any atom is -0.340 e. The number of carbonyl (C=O) groups excluding carboxylic acids is 1. The predicted molar refractivity (Wildman–Crippen MR) is 100 cm³/mol. The third-order valence-electron chi connectivity index (χ3n) is 3.94. The van der Waals surface area contributed by atoms with Crippen molar-refractivity contribution in [3.05, 3.63) is 81.8 Å². The quantitative estimate of drug-likeness (QED) is 0.724. The van der Waals surface area contributed by atoms with Gasteiger partial charge in [0.15, 0.2) is 0 Å². The standard InChI is InChI=1S/C20H19NOS/c1-4-9-18-15(5-2)19(22)20(23-18)17-13-12-14-10-7-8-11-16(14)21(17)6-3/h4-5,7-13H,2,6H2,1,3H3/b9-4-,20-17-. The lowest BCUT2D eigenvalue weighted by Crippen LogP contribution is -2.25. The lowest BCUT2D eigenvalue weighted by molar-refractivity contribution is -0.111. The Labute approximate surface area is 141 Å². The SMILES string of the molecule is C=CC1=C(/C=C\C)S/C(=C2/C=Cc3ccccc3N2CC)C1=O. The van der Waals surface area contributed by atoms with Gasteiger partial charge in [0.2, 0.25) is 5.78 Å². The molecule has 0 saturated carbocycles. The van der Waals surface area contributed by atoms with Gasteiger partial charge in [0.1, 0.15) is 0 Å². The molecule has 0 aliphatic carbocycles. The zero-order valence-corrected chi connectivity index (χ0v) is 14.2. The zero-order valence-electron chi connectivity index (χ0n) is 13.4. The molecule has 1 aromatic rings. The molecule has 0 saturated heterocycles. The molecule has 2 heterocycles. The third-order valence-corrected chi connectivity index (χ3v) is 5.11. The number of nitrogens with zero attached hydrogens (tertiary/aromatic N) is 1. The zero-order chi connectivity index (χ0) is 16.4. The van der Waals surface area contributed by atoms with Crippen LogP contribution in [0.5, 0.6) is 0 Å². The third kappa shape index (κ3) is 2.62. The van der Waals surface area contributed by atoms with Gasteiger partial charge in [0.25, 0.3) is 0 Å². The van der Waals surface area contributed by atoms with Crippen LogP contribution < -0.4 is 4.90 Å². The van der Waals surface area contributed by atoms with Gasteiger partial charge in [0.05, 0.1) is 10.6 Å². The number of Topliss-reactive ketones (excluding diaryl/α,β-unsaturated/α-hetero) is 1. The molecule has 0 unspecified atom stereocenters. The number of para-hydroxylation sites is 1. The monoisotopic (exact) mass is 321 g/mol. The van der Waals surface area contributed by atoms with Gasteiger partial charge < -0.3 is 4.90 Å². The highest BCUT2D eigenvalue weighted by Crippen LogP contribution is 2.44. The van der Waals surface area contributed by atoms with E-state index in [1.165, 1.54) is 17.3 Å². The van der Waals surface area contributed by atoms with Crippen LogP contribution in [0.25, 0.3) is 6.08 Å². The van der Waals surface area contributed by atoms with Gasteiger partial charge in [-0.2, -0.15) is 0 Å². The largest absolute Gasteiger partial charge is 0.340 e. The van der Waals surface area contributed by atoms with Gasteiger partial charge in [-0.1, -0.05) is 60.8 Å². The molecule has 0 N–H and O–H groups in total. The summed E-state index contributed by atoms with van der Waals surface area (Å²) in [5.74, 6) is 0.0654. The fraction of sp³-hybridized carbons (Fsp3) is 0.150. The van der Waals surface area contributed by atoms with Crippen LogP contribution >= 0.6 is 11.8 Å². The first-order valence-electron chi connectivity index (χ1n) is 7.72. The van der Waals surface area contributed by atoms with Crippen LogP contribution in [0.15, 0.2) is 76.2 Å². The summed E-state index contributed by atoms with van der Waals surface area (Å²) in [5, 5.41) is 0. The van der Waals surface area contributed by atoms with Crippen LogP contribution in [0.3, 0.4) is 0 Å². The summed E-state index contributed by atoms with van der Waals surface area (Å²) in [6.45, 7) is 8.68. The van der Waals surface area contributed by atoms with E-state index < -0.39 is 0 Å². The average Bonchev–Trinajstić information content (AvgIpc) is 2.89. The second kappa shape index (κ2) is 6.47. The minimum atomic E-state index is 0.0654. The van der Waals surface area contributed by atoms with Crippen molar-refractivity contribution in [2.45, 2.75) is 13.8 Å². The Bertz CT molecular complexity index is 796. The van der Waals surface area contributed by atoms with E-state index in [4.69, 9.17) is 0 Å². The van der Waals surface area contributed by atoms with Crippen molar-refractivity contribution in [2.75, 3.05) is 11.4 Å². The molecular formula is C20H19NOS. The number of benzene rings is 1. The smallest absolute Gasteiger partial charge is 0.202 e. The van der Waals surface area contributed by atoms with Crippen LogP contribution in [0.4, 0.5) is 5.69 Å². The van der Waals surface area contributed by atoms with Crippen LogP contribution in [0.1, 0.15) is 19.4 Å². The van der Waals surface area contributed by atoms with E-state index in [9.17, 15) is 4.79 Å². The summed E-state index contributed by atoms with van der Waals surface area (Å²) >= 11 is 1.54. The average molecular weight is 321 g/mol. The fourth-order valence-electron chi connectivity index (χ4n) is 2.88. The molecule has 0 bridgehead atoms. The molecule has 0 amide bonds. The summed E-state index contributed by atoms with van der Waals surface area (Å²) in [7, 11) is 0. The van der Waals surface area contributed by atoms with E-state index in [-0.39, 0.29) is 5.78 Å². The topological polar surface area (TPSA) is 20.3 Å². The van der Waals surface area contributed by atoms with Gasteiger partial charge in [-0.05, 0) is 31.6 Å². The fourth-order valence-corrected chi connectivity index (χ4v) is 4.08. The lowest BCUT2D eigenvalue weighted by Gasteiger charge is -2.30. The summed E-state index contributed by atoms with van der Waals surface area (Å²) in [5.41, 5.74) is 3.99. The highest BCUT2D eigenvalue weighted by molar-refractivity contribution is 8.08. The molecule has 0 fully saturated rings. The van der Waals surface area contributed by atoms with Crippen LogP contribution in [0, 0.1) is 0 Å². The molecule has 116 valence electrons. The van der Waals surface area contributed by atoms with Gasteiger partial charge >= 0.3 is 0 Å². The number of carbonyl (C=O) groups is 1. The summed E-state index contributed by atoms with van der Waals surface area (Å²) < 4.78 is 0. The van der Waals surface area contributed by atoms with Gasteiger partial charge in [-0.15, -0.1) is 0 Å². The number of ketones is 1. The minimum absolute atomic E-state index is 0.0654. The number of allylic oxidation sites excluding steroid dienone is 6. The Morgan fingerprint density at radius 3 is 2.74 bits per heavy atom. The number of hydrogen-bond acceptors (Lipinski definition) is 3. The number of fused-ring (bicyclic) bond motifs is 1. The number of hydrogen-bond donors (Lipinski definition) is 0. The molecule has 2 aliphatic rings.